The van der Waals surface area contributed by atoms with E-state index in [1.807, 2.05) is 66.2 Å². The van der Waals surface area contributed by atoms with E-state index in [1.165, 1.54) is 0 Å². The first-order valence-electron chi connectivity index (χ1n) is 10.9. The summed E-state index contributed by atoms with van der Waals surface area (Å²) in [5.41, 5.74) is 3.69. The van der Waals surface area contributed by atoms with Crippen LogP contribution in [0.25, 0.3) is 22.3 Å². The van der Waals surface area contributed by atoms with Gasteiger partial charge in [0.05, 0.1) is 6.54 Å². The number of fused-ring (bicyclic) bond motifs is 1. The summed E-state index contributed by atoms with van der Waals surface area (Å²) in [4.78, 5) is 12.4. The van der Waals surface area contributed by atoms with Crippen LogP contribution >= 0.6 is 11.6 Å². The van der Waals surface area contributed by atoms with Gasteiger partial charge in [-0.2, -0.15) is 5.10 Å². The van der Waals surface area contributed by atoms with Crippen LogP contribution in [-0.2, 0) is 11.3 Å². The second-order valence-electron chi connectivity index (χ2n) is 8.33. The zero-order chi connectivity index (χ0) is 22.1. The molecule has 1 amide bonds. The minimum Gasteiger partial charge on any atom is -0.456 e. The molecule has 1 aliphatic rings. The molecule has 6 nitrogen and oxygen atoms in total. The highest BCUT2D eigenvalue weighted by atomic mass is 35.5. The zero-order valence-corrected chi connectivity index (χ0v) is 18.7. The Morgan fingerprint density at radius 3 is 2.88 bits per heavy atom. The normalized spacial score (nSPS) is 16.0. The van der Waals surface area contributed by atoms with Gasteiger partial charge < -0.3 is 15.1 Å². The van der Waals surface area contributed by atoms with Crippen LogP contribution in [0.3, 0.4) is 0 Å². The van der Waals surface area contributed by atoms with Crippen molar-refractivity contribution in [3.05, 3.63) is 70.9 Å². The Balaban J connectivity index is 1.38. The van der Waals surface area contributed by atoms with Gasteiger partial charge in [-0.1, -0.05) is 41.9 Å². The number of nitrogens with zero attached hydrogens (tertiary/aromatic N) is 2. The molecule has 1 aliphatic heterocycles. The number of halogens is 1. The molecule has 7 heteroatoms. The number of anilines is 1. The van der Waals surface area contributed by atoms with Gasteiger partial charge in [-0.25, -0.2) is 0 Å². The second-order valence-corrected chi connectivity index (χ2v) is 8.77. The third kappa shape index (κ3) is 4.42. The Hall–Kier alpha value is -3.09. The summed E-state index contributed by atoms with van der Waals surface area (Å²) in [6.45, 7) is 3.45. The van der Waals surface area contributed by atoms with Gasteiger partial charge >= 0.3 is 0 Å². The van der Waals surface area contributed by atoms with E-state index in [2.05, 4.69) is 15.7 Å². The number of carbonyl (C=O) groups excluding carboxylic acids is 1. The fourth-order valence-corrected chi connectivity index (χ4v) is 4.54. The van der Waals surface area contributed by atoms with E-state index in [9.17, 15) is 4.79 Å². The van der Waals surface area contributed by atoms with Crippen LogP contribution in [0.5, 0.6) is 0 Å². The Morgan fingerprint density at radius 1 is 1.25 bits per heavy atom. The highest BCUT2D eigenvalue weighted by Gasteiger charge is 2.19. The van der Waals surface area contributed by atoms with Crippen molar-refractivity contribution in [1.82, 2.24) is 15.1 Å². The van der Waals surface area contributed by atoms with Crippen molar-refractivity contribution in [2.75, 3.05) is 11.9 Å². The molecule has 0 radical (unpaired) electrons. The molecule has 0 saturated carbocycles. The maximum absolute atomic E-state index is 12.4. The maximum atomic E-state index is 12.4. The Labute approximate surface area is 191 Å². The molecule has 0 spiro atoms. The number of hydrogen-bond acceptors (Lipinski definition) is 4. The molecule has 2 N–H and O–H groups in total. The lowest BCUT2D eigenvalue weighted by Gasteiger charge is -2.09. The van der Waals surface area contributed by atoms with E-state index in [-0.39, 0.29) is 11.9 Å². The van der Waals surface area contributed by atoms with Crippen molar-refractivity contribution >= 4 is 34.3 Å². The SMILES string of the molecule is Cc1cc(NC(=O)C[C@H]2CCCN2)nn1Cc1cc(Cl)cc2cc(-c3ccccc3)oc12. The number of aromatic nitrogens is 2. The molecule has 2 aromatic carbocycles. The average Bonchev–Trinajstić information content (AvgIpc) is 3.50. The molecule has 5 rings (SSSR count). The fraction of sp³-hybridized carbons (Fsp3) is 0.280. The van der Waals surface area contributed by atoms with Gasteiger partial charge in [-0.3, -0.25) is 9.48 Å². The highest BCUT2D eigenvalue weighted by molar-refractivity contribution is 6.31. The summed E-state index contributed by atoms with van der Waals surface area (Å²) in [6.07, 6.45) is 2.63. The smallest absolute Gasteiger partial charge is 0.227 e. The van der Waals surface area contributed by atoms with E-state index in [1.54, 1.807) is 0 Å². The quantitative estimate of drug-likeness (QED) is 0.415. The number of hydrogen-bond donors (Lipinski definition) is 2. The molecule has 1 saturated heterocycles. The van der Waals surface area contributed by atoms with Crippen LogP contribution in [0.1, 0.15) is 30.5 Å². The largest absolute Gasteiger partial charge is 0.456 e. The van der Waals surface area contributed by atoms with Gasteiger partial charge in [-0.15, -0.1) is 0 Å². The first-order chi connectivity index (χ1) is 15.5. The third-order valence-electron chi connectivity index (χ3n) is 5.88. The molecule has 0 aliphatic carbocycles. The number of rotatable bonds is 6. The van der Waals surface area contributed by atoms with E-state index in [0.29, 0.717) is 23.8 Å². The van der Waals surface area contributed by atoms with Gasteiger partial charge in [0.15, 0.2) is 5.82 Å². The van der Waals surface area contributed by atoms with Crippen LogP contribution in [0, 0.1) is 6.92 Å². The van der Waals surface area contributed by atoms with Gasteiger partial charge in [0.25, 0.3) is 0 Å². The third-order valence-corrected chi connectivity index (χ3v) is 6.10. The van der Waals surface area contributed by atoms with Gasteiger partial charge in [0, 0.05) is 45.8 Å². The monoisotopic (exact) mass is 448 g/mol. The molecule has 0 bridgehead atoms. The molecule has 1 fully saturated rings. The van der Waals surface area contributed by atoms with Crippen molar-refractivity contribution in [2.45, 2.75) is 38.8 Å². The summed E-state index contributed by atoms with van der Waals surface area (Å²) in [6, 6.07) is 18.0. The minimum absolute atomic E-state index is 0.0160. The van der Waals surface area contributed by atoms with Crippen molar-refractivity contribution in [3.63, 3.8) is 0 Å². The summed E-state index contributed by atoms with van der Waals surface area (Å²) in [5.74, 6) is 1.35. The number of benzene rings is 2. The van der Waals surface area contributed by atoms with Crippen LogP contribution < -0.4 is 10.6 Å². The molecule has 164 valence electrons. The summed E-state index contributed by atoms with van der Waals surface area (Å²) >= 11 is 6.41. The number of furan rings is 1. The van der Waals surface area contributed by atoms with Crippen LogP contribution in [0.4, 0.5) is 5.82 Å². The number of nitrogens with one attached hydrogen (secondary N) is 2. The van der Waals surface area contributed by atoms with Crippen molar-refractivity contribution in [1.29, 1.82) is 0 Å². The van der Waals surface area contributed by atoms with Crippen LogP contribution in [-0.4, -0.2) is 28.3 Å². The average molecular weight is 449 g/mol. The lowest BCUT2D eigenvalue weighted by Crippen LogP contribution is -2.27. The van der Waals surface area contributed by atoms with E-state index in [4.69, 9.17) is 16.0 Å². The Morgan fingerprint density at radius 2 is 2.09 bits per heavy atom. The first kappa shape index (κ1) is 20.8. The molecule has 1 atom stereocenters. The molecular weight excluding hydrogens is 424 g/mol. The maximum Gasteiger partial charge on any atom is 0.227 e. The minimum atomic E-state index is -0.0160. The Bertz CT molecular complexity index is 1260. The highest BCUT2D eigenvalue weighted by Crippen LogP contribution is 2.32. The zero-order valence-electron chi connectivity index (χ0n) is 17.9. The van der Waals surface area contributed by atoms with Crippen LogP contribution in [0.2, 0.25) is 5.02 Å². The van der Waals surface area contributed by atoms with E-state index in [0.717, 1.165) is 52.9 Å². The van der Waals surface area contributed by atoms with Crippen molar-refractivity contribution in [2.24, 2.45) is 0 Å². The molecule has 4 aromatic rings. The molecule has 0 unspecified atom stereocenters. The first-order valence-corrected chi connectivity index (χ1v) is 11.3. The summed E-state index contributed by atoms with van der Waals surface area (Å²) in [7, 11) is 0. The summed E-state index contributed by atoms with van der Waals surface area (Å²) in [5, 5.41) is 12.5. The lowest BCUT2D eigenvalue weighted by atomic mass is 10.1. The number of aryl methyl sites for hydroxylation is 1. The predicted molar refractivity (Wildman–Crippen MR) is 127 cm³/mol. The lowest BCUT2D eigenvalue weighted by molar-refractivity contribution is -0.116. The van der Waals surface area contributed by atoms with Crippen molar-refractivity contribution < 1.29 is 9.21 Å². The van der Waals surface area contributed by atoms with Crippen molar-refractivity contribution in [3.8, 4) is 11.3 Å². The molecule has 32 heavy (non-hydrogen) atoms. The standard InChI is InChI=1S/C25H25ClN4O2/c1-16-10-23(28-24(31)14-21-8-5-9-27-21)29-30(16)15-19-12-20(26)11-18-13-22(32-25(18)19)17-6-3-2-4-7-17/h2-4,6-7,10-13,21,27H,5,8-9,14-15H2,1H3,(H,28,29,31)/t21-/m1/s1. The summed E-state index contributed by atoms with van der Waals surface area (Å²) < 4.78 is 8.08. The van der Waals surface area contributed by atoms with Crippen LogP contribution in [0.15, 0.2) is 59.0 Å². The number of amides is 1. The topological polar surface area (TPSA) is 72.1 Å². The number of carbonyl (C=O) groups is 1. The predicted octanol–water partition coefficient (Wildman–Crippen LogP) is 5.39. The van der Waals surface area contributed by atoms with Gasteiger partial charge in [0.2, 0.25) is 5.91 Å². The van der Waals surface area contributed by atoms with E-state index < -0.39 is 0 Å². The Kier molecular flexibility index (Phi) is 5.72. The second kappa shape index (κ2) is 8.81. The van der Waals surface area contributed by atoms with Gasteiger partial charge in [-0.05, 0) is 44.5 Å². The van der Waals surface area contributed by atoms with E-state index >= 15 is 0 Å². The molecular formula is C25H25ClN4O2. The molecule has 3 heterocycles. The molecule has 2 aromatic heterocycles. The van der Waals surface area contributed by atoms with Gasteiger partial charge in [0.1, 0.15) is 11.3 Å². The fourth-order valence-electron chi connectivity index (χ4n) is 4.29.